The molecule has 2 aliphatic carbocycles. The molecule has 1 N–H and O–H groups in total. The van der Waals surface area contributed by atoms with Gasteiger partial charge in [-0.3, -0.25) is 0 Å². The fourth-order valence-corrected chi connectivity index (χ4v) is 3.30. The van der Waals surface area contributed by atoms with Crippen LogP contribution < -0.4 is 5.32 Å². The molecule has 0 bridgehead atoms. The predicted octanol–water partition coefficient (Wildman–Crippen LogP) is 3.28. The summed E-state index contributed by atoms with van der Waals surface area (Å²) >= 11 is 0. The summed E-state index contributed by atoms with van der Waals surface area (Å²) in [4.78, 5) is 2.44. The monoisotopic (exact) mass is 252 g/mol. The van der Waals surface area contributed by atoms with E-state index in [0.29, 0.717) is 6.04 Å². The fraction of sp³-hybridized carbons (Fsp3) is 1.00. The summed E-state index contributed by atoms with van der Waals surface area (Å²) in [5.74, 6) is 2.18. The molecule has 0 aromatic rings. The first kappa shape index (κ1) is 14.3. The highest BCUT2D eigenvalue weighted by molar-refractivity contribution is 4.87. The summed E-state index contributed by atoms with van der Waals surface area (Å²) in [6, 6.07) is 1.51. The Morgan fingerprint density at radius 1 is 1.11 bits per heavy atom. The molecule has 0 aromatic carbocycles. The molecule has 106 valence electrons. The van der Waals surface area contributed by atoms with Gasteiger partial charge in [-0.05, 0) is 77.9 Å². The zero-order chi connectivity index (χ0) is 13.0. The SMILES string of the molecule is CC(C)N(C)CCCNC1CCCC(C2CC2)C1. The summed E-state index contributed by atoms with van der Waals surface area (Å²) in [6.45, 7) is 6.98. The Morgan fingerprint density at radius 2 is 1.89 bits per heavy atom. The maximum absolute atomic E-state index is 3.80. The van der Waals surface area contributed by atoms with E-state index >= 15 is 0 Å². The van der Waals surface area contributed by atoms with E-state index in [2.05, 4.69) is 31.1 Å². The van der Waals surface area contributed by atoms with Crippen LogP contribution in [0.1, 0.15) is 58.8 Å². The maximum atomic E-state index is 3.80. The van der Waals surface area contributed by atoms with Gasteiger partial charge in [0.25, 0.3) is 0 Å². The van der Waals surface area contributed by atoms with Gasteiger partial charge in [-0.1, -0.05) is 12.8 Å². The molecule has 2 unspecified atom stereocenters. The Hall–Kier alpha value is -0.0800. The molecule has 2 rings (SSSR count). The van der Waals surface area contributed by atoms with Crippen LogP contribution >= 0.6 is 0 Å². The van der Waals surface area contributed by atoms with E-state index in [9.17, 15) is 0 Å². The molecule has 2 atom stereocenters. The van der Waals surface area contributed by atoms with Crippen LogP contribution in [-0.2, 0) is 0 Å². The average Bonchev–Trinajstić information content (AvgIpc) is 3.19. The summed E-state index contributed by atoms with van der Waals surface area (Å²) in [7, 11) is 2.23. The number of nitrogens with one attached hydrogen (secondary N) is 1. The third-order valence-corrected chi connectivity index (χ3v) is 5.01. The lowest BCUT2D eigenvalue weighted by Gasteiger charge is -2.30. The van der Waals surface area contributed by atoms with Gasteiger partial charge in [-0.25, -0.2) is 0 Å². The number of hydrogen-bond acceptors (Lipinski definition) is 2. The van der Waals surface area contributed by atoms with Crippen molar-refractivity contribution in [1.82, 2.24) is 10.2 Å². The topological polar surface area (TPSA) is 15.3 Å². The molecule has 0 heterocycles. The second-order valence-electron chi connectivity index (χ2n) is 6.84. The first-order valence-corrected chi connectivity index (χ1v) is 8.10. The van der Waals surface area contributed by atoms with Crippen molar-refractivity contribution in [2.45, 2.75) is 70.9 Å². The molecule has 18 heavy (non-hydrogen) atoms. The van der Waals surface area contributed by atoms with Crippen molar-refractivity contribution < 1.29 is 0 Å². The Labute approximate surface area is 114 Å². The van der Waals surface area contributed by atoms with Crippen molar-refractivity contribution in [1.29, 1.82) is 0 Å². The quantitative estimate of drug-likeness (QED) is 0.700. The summed E-state index contributed by atoms with van der Waals surface area (Å²) in [5, 5.41) is 3.80. The van der Waals surface area contributed by atoms with Gasteiger partial charge >= 0.3 is 0 Å². The average molecular weight is 252 g/mol. The van der Waals surface area contributed by atoms with E-state index in [1.54, 1.807) is 0 Å². The lowest BCUT2D eigenvalue weighted by Crippen LogP contribution is -2.37. The molecule has 0 radical (unpaired) electrons. The van der Waals surface area contributed by atoms with Crippen molar-refractivity contribution in [2.24, 2.45) is 11.8 Å². The lowest BCUT2D eigenvalue weighted by atomic mass is 9.83. The summed E-state index contributed by atoms with van der Waals surface area (Å²) in [6.07, 6.45) is 10.2. The molecule has 2 saturated carbocycles. The lowest BCUT2D eigenvalue weighted by molar-refractivity contribution is 0.245. The molecule has 2 nitrogen and oxygen atoms in total. The predicted molar refractivity (Wildman–Crippen MR) is 78.9 cm³/mol. The first-order chi connectivity index (χ1) is 8.66. The first-order valence-electron chi connectivity index (χ1n) is 8.10. The van der Waals surface area contributed by atoms with Crippen molar-refractivity contribution in [3.63, 3.8) is 0 Å². The van der Waals surface area contributed by atoms with Crippen LogP contribution in [0.4, 0.5) is 0 Å². The Morgan fingerprint density at radius 3 is 2.56 bits per heavy atom. The second-order valence-corrected chi connectivity index (χ2v) is 6.84. The van der Waals surface area contributed by atoms with E-state index in [1.165, 1.54) is 58.0 Å². The molecule has 2 aliphatic rings. The van der Waals surface area contributed by atoms with Crippen molar-refractivity contribution in [3.05, 3.63) is 0 Å². The largest absolute Gasteiger partial charge is 0.314 e. The third-order valence-electron chi connectivity index (χ3n) is 5.01. The number of rotatable bonds is 7. The standard InChI is InChI=1S/C16H32N2/c1-13(2)18(3)11-5-10-17-16-7-4-6-15(12-16)14-8-9-14/h13-17H,4-12H2,1-3H3. The van der Waals surface area contributed by atoms with Gasteiger partial charge in [0.05, 0.1) is 0 Å². The van der Waals surface area contributed by atoms with E-state index in [-0.39, 0.29) is 0 Å². The van der Waals surface area contributed by atoms with Crippen LogP contribution in [0.2, 0.25) is 0 Å². The van der Waals surface area contributed by atoms with Crippen LogP contribution in [0.5, 0.6) is 0 Å². The molecule has 0 aliphatic heterocycles. The molecule has 2 heteroatoms. The van der Waals surface area contributed by atoms with Gasteiger partial charge in [0.2, 0.25) is 0 Å². The van der Waals surface area contributed by atoms with Crippen LogP contribution in [0.25, 0.3) is 0 Å². The van der Waals surface area contributed by atoms with Crippen LogP contribution in [-0.4, -0.2) is 37.1 Å². The molecule has 2 fully saturated rings. The zero-order valence-corrected chi connectivity index (χ0v) is 12.6. The Kier molecular flexibility index (Phi) is 5.50. The van der Waals surface area contributed by atoms with Gasteiger partial charge in [-0.15, -0.1) is 0 Å². The summed E-state index contributed by atoms with van der Waals surface area (Å²) < 4.78 is 0. The molecular formula is C16H32N2. The smallest absolute Gasteiger partial charge is 0.00698 e. The normalized spacial score (nSPS) is 29.2. The molecule has 0 saturated heterocycles. The van der Waals surface area contributed by atoms with Gasteiger partial charge in [-0.2, -0.15) is 0 Å². The van der Waals surface area contributed by atoms with E-state index in [0.717, 1.165) is 17.9 Å². The van der Waals surface area contributed by atoms with E-state index in [4.69, 9.17) is 0 Å². The minimum absolute atomic E-state index is 0.680. The number of nitrogens with zero attached hydrogens (tertiary/aromatic N) is 1. The summed E-state index contributed by atoms with van der Waals surface area (Å²) in [5.41, 5.74) is 0. The molecule has 0 amide bonds. The van der Waals surface area contributed by atoms with Crippen molar-refractivity contribution >= 4 is 0 Å². The highest BCUT2D eigenvalue weighted by Crippen LogP contribution is 2.43. The Bertz CT molecular complexity index is 235. The van der Waals surface area contributed by atoms with Gasteiger partial charge in [0.15, 0.2) is 0 Å². The minimum Gasteiger partial charge on any atom is -0.314 e. The zero-order valence-electron chi connectivity index (χ0n) is 12.6. The molecule has 0 spiro atoms. The number of hydrogen-bond donors (Lipinski definition) is 1. The highest BCUT2D eigenvalue weighted by atomic mass is 15.1. The van der Waals surface area contributed by atoms with E-state index < -0.39 is 0 Å². The fourth-order valence-electron chi connectivity index (χ4n) is 3.30. The molecular weight excluding hydrogens is 220 g/mol. The highest BCUT2D eigenvalue weighted by Gasteiger charge is 2.34. The van der Waals surface area contributed by atoms with Crippen molar-refractivity contribution in [2.75, 3.05) is 20.1 Å². The second kappa shape index (κ2) is 6.91. The van der Waals surface area contributed by atoms with Crippen LogP contribution in [0, 0.1) is 11.8 Å². The molecule has 0 aromatic heterocycles. The van der Waals surface area contributed by atoms with Crippen LogP contribution in [0.3, 0.4) is 0 Å². The Balaban J connectivity index is 1.55. The third kappa shape index (κ3) is 4.55. The maximum Gasteiger partial charge on any atom is 0.00698 e. The minimum atomic E-state index is 0.680. The van der Waals surface area contributed by atoms with Crippen molar-refractivity contribution in [3.8, 4) is 0 Å². The van der Waals surface area contributed by atoms with Crippen LogP contribution in [0.15, 0.2) is 0 Å². The van der Waals surface area contributed by atoms with Gasteiger partial charge < -0.3 is 10.2 Å². The van der Waals surface area contributed by atoms with Gasteiger partial charge in [0, 0.05) is 12.1 Å². The van der Waals surface area contributed by atoms with E-state index in [1.807, 2.05) is 0 Å². The van der Waals surface area contributed by atoms with Gasteiger partial charge in [0.1, 0.15) is 0 Å².